The number of benzene rings is 1. The van der Waals surface area contributed by atoms with Crippen molar-refractivity contribution in [1.82, 2.24) is 20.0 Å². The number of hydrogen-bond donors (Lipinski definition) is 2. The van der Waals surface area contributed by atoms with E-state index in [0.29, 0.717) is 34.7 Å². The van der Waals surface area contributed by atoms with Crippen molar-refractivity contribution in [3.8, 4) is 0 Å². The maximum atomic E-state index is 12.9. The molecule has 3 aromatic heterocycles. The highest BCUT2D eigenvalue weighted by molar-refractivity contribution is 7.11. The Labute approximate surface area is 172 Å². The average molecular weight is 407 g/mol. The van der Waals surface area contributed by atoms with Crippen LogP contribution in [-0.4, -0.2) is 33.3 Å². The number of para-hydroxylation sites is 2. The molecule has 4 aromatic rings. The van der Waals surface area contributed by atoms with Crippen LogP contribution in [0.4, 0.5) is 5.82 Å². The van der Waals surface area contributed by atoms with Gasteiger partial charge in [-0.15, -0.1) is 11.3 Å². The lowest BCUT2D eigenvalue weighted by Crippen LogP contribution is -2.26. The molecule has 8 heteroatoms. The first-order chi connectivity index (χ1) is 14.0. The van der Waals surface area contributed by atoms with Gasteiger partial charge in [0.05, 0.1) is 17.2 Å². The van der Waals surface area contributed by atoms with Crippen molar-refractivity contribution >= 4 is 51.5 Å². The zero-order chi connectivity index (χ0) is 20.4. The highest BCUT2D eigenvalue weighted by Gasteiger charge is 2.23. The fourth-order valence-corrected chi connectivity index (χ4v) is 3.61. The molecule has 0 radical (unpaired) electrons. The average Bonchev–Trinajstić information content (AvgIpc) is 3.30. The number of amides is 1. The van der Waals surface area contributed by atoms with Crippen molar-refractivity contribution in [3.05, 3.63) is 52.2 Å². The second-order valence-electron chi connectivity index (χ2n) is 7.15. The maximum absolute atomic E-state index is 12.9. The molecule has 0 fully saturated rings. The molecular formula is C21H22N6OS. The molecule has 0 aliphatic carbocycles. The van der Waals surface area contributed by atoms with Crippen molar-refractivity contribution in [3.63, 3.8) is 0 Å². The molecule has 0 spiro atoms. The monoisotopic (exact) mass is 406 g/mol. The smallest absolute Gasteiger partial charge is 0.257 e. The Morgan fingerprint density at radius 1 is 1.24 bits per heavy atom. The largest absolute Gasteiger partial charge is 0.383 e. The zero-order valence-electron chi connectivity index (χ0n) is 16.3. The number of nitrogen functional groups attached to an aromatic ring is 1. The molecule has 148 valence electrons. The van der Waals surface area contributed by atoms with Gasteiger partial charge < -0.3 is 11.1 Å². The number of rotatable bonds is 6. The molecule has 0 bridgehead atoms. The Hall–Kier alpha value is -3.26. The molecule has 0 saturated heterocycles. The van der Waals surface area contributed by atoms with Crippen LogP contribution in [0.1, 0.15) is 35.5 Å². The highest BCUT2D eigenvalue weighted by Crippen LogP contribution is 2.28. The summed E-state index contributed by atoms with van der Waals surface area (Å²) < 4.78 is 1.49. The third-order valence-electron chi connectivity index (χ3n) is 4.55. The molecule has 4 rings (SSSR count). The number of nitrogens with two attached hydrogens (primary N) is 1. The molecule has 29 heavy (non-hydrogen) atoms. The van der Waals surface area contributed by atoms with Crippen LogP contribution in [0.25, 0.3) is 22.2 Å². The number of anilines is 1. The van der Waals surface area contributed by atoms with E-state index in [2.05, 4.69) is 34.2 Å². The summed E-state index contributed by atoms with van der Waals surface area (Å²) in [5.41, 5.74) is 9.01. The normalized spacial score (nSPS) is 11.8. The van der Waals surface area contributed by atoms with E-state index in [1.807, 2.05) is 41.8 Å². The number of hydrogen-bond acceptors (Lipinski definition) is 6. The molecule has 3 heterocycles. The van der Waals surface area contributed by atoms with Crippen molar-refractivity contribution < 1.29 is 4.79 Å². The Kier molecular flexibility index (Phi) is 5.26. The van der Waals surface area contributed by atoms with Gasteiger partial charge in [0, 0.05) is 11.4 Å². The lowest BCUT2D eigenvalue weighted by Gasteiger charge is -2.07. The highest BCUT2D eigenvalue weighted by atomic mass is 32.1. The first-order valence-corrected chi connectivity index (χ1v) is 10.3. The molecule has 3 N–H and O–H groups in total. The molecule has 0 aliphatic rings. The zero-order valence-corrected chi connectivity index (χ0v) is 17.1. The molecule has 7 nitrogen and oxygen atoms in total. The first-order valence-electron chi connectivity index (χ1n) is 9.47. The minimum atomic E-state index is -0.261. The second kappa shape index (κ2) is 8.00. The van der Waals surface area contributed by atoms with Crippen LogP contribution in [0, 0.1) is 5.92 Å². The van der Waals surface area contributed by atoms with E-state index in [9.17, 15) is 4.79 Å². The second-order valence-corrected chi connectivity index (χ2v) is 8.13. The summed E-state index contributed by atoms with van der Waals surface area (Å²) in [6.07, 6.45) is 2.59. The molecular weight excluding hydrogens is 384 g/mol. The number of aromatic nitrogens is 3. The third kappa shape index (κ3) is 3.84. The van der Waals surface area contributed by atoms with E-state index in [1.54, 1.807) is 17.6 Å². The van der Waals surface area contributed by atoms with Crippen LogP contribution in [0.5, 0.6) is 0 Å². The topological polar surface area (TPSA) is 98.2 Å². The van der Waals surface area contributed by atoms with Crippen molar-refractivity contribution in [2.24, 2.45) is 11.0 Å². The standard InChI is InChI=1S/C21H22N6OS/c1-13(2)9-10-23-21(28)17-18-20(26-16-8-4-3-7-15(16)25-18)27(19(17)22)24-12-14-6-5-11-29-14/h3-8,11-13H,9-10,22H2,1-2H3,(H,23,28)/b24-12+. The van der Waals surface area contributed by atoms with Crippen molar-refractivity contribution in [1.29, 1.82) is 0 Å². The number of nitrogens with zero attached hydrogens (tertiary/aromatic N) is 4. The van der Waals surface area contributed by atoms with Gasteiger partial charge in [-0.25, -0.2) is 9.97 Å². The van der Waals surface area contributed by atoms with Crippen LogP contribution < -0.4 is 11.1 Å². The van der Waals surface area contributed by atoms with Crippen LogP contribution in [0.15, 0.2) is 46.9 Å². The molecule has 0 saturated carbocycles. The maximum Gasteiger partial charge on any atom is 0.257 e. The summed E-state index contributed by atoms with van der Waals surface area (Å²) in [6, 6.07) is 11.4. The van der Waals surface area contributed by atoms with Gasteiger partial charge in [0.1, 0.15) is 16.9 Å². The SMILES string of the molecule is CC(C)CCNC(=O)c1c(N)n(/N=C/c2cccs2)c2nc3ccccc3nc12. The van der Waals surface area contributed by atoms with Crippen LogP contribution >= 0.6 is 11.3 Å². The fraction of sp³-hybridized carbons (Fsp3) is 0.238. The van der Waals surface area contributed by atoms with Crippen LogP contribution in [-0.2, 0) is 0 Å². The summed E-state index contributed by atoms with van der Waals surface area (Å²) in [7, 11) is 0. The Morgan fingerprint density at radius 2 is 2.00 bits per heavy atom. The molecule has 1 amide bonds. The first kappa shape index (κ1) is 19.1. The predicted octanol–water partition coefficient (Wildman–Crippen LogP) is 3.89. The summed E-state index contributed by atoms with van der Waals surface area (Å²) >= 11 is 1.56. The van der Waals surface area contributed by atoms with E-state index in [-0.39, 0.29) is 11.7 Å². The lowest BCUT2D eigenvalue weighted by atomic mass is 10.1. The predicted molar refractivity (Wildman–Crippen MR) is 119 cm³/mol. The number of nitrogens with one attached hydrogen (secondary N) is 1. The Bertz CT molecular complexity index is 1190. The number of thiophene rings is 1. The minimum absolute atomic E-state index is 0.227. The van der Waals surface area contributed by atoms with Crippen molar-refractivity contribution in [2.45, 2.75) is 20.3 Å². The van der Waals surface area contributed by atoms with Crippen LogP contribution in [0.3, 0.4) is 0 Å². The summed E-state index contributed by atoms with van der Waals surface area (Å²) in [4.78, 5) is 23.2. The lowest BCUT2D eigenvalue weighted by molar-refractivity contribution is 0.0954. The van der Waals surface area contributed by atoms with E-state index in [0.717, 1.165) is 16.8 Å². The fourth-order valence-electron chi connectivity index (χ4n) is 3.03. The quantitative estimate of drug-likeness (QED) is 0.475. The van der Waals surface area contributed by atoms with Gasteiger partial charge in [-0.2, -0.15) is 9.78 Å². The summed E-state index contributed by atoms with van der Waals surface area (Å²) in [5.74, 6) is 0.459. The van der Waals surface area contributed by atoms with Crippen molar-refractivity contribution in [2.75, 3.05) is 12.3 Å². The molecule has 0 unspecified atom stereocenters. The Balaban J connectivity index is 1.84. The van der Waals surface area contributed by atoms with E-state index >= 15 is 0 Å². The number of fused-ring (bicyclic) bond motifs is 2. The van der Waals surface area contributed by atoms with E-state index in [4.69, 9.17) is 5.73 Å². The summed E-state index contributed by atoms with van der Waals surface area (Å²) in [6.45, 7) is 4.80. The van der Waals surface area contributed by atoms with Gasteiger partial charge in [0.15, 0.2) is 5.65 Å². The van der Waals surface area contributed by atoms with E-state index < -0.39 is 0 Å². The molecule has 0 aliphatic heterocycles. The number of carbonyl (C=O) groups excluding carboxylic acids is 1. The minimum Gasteiger partial charge on any atom is -0.383 e. The van der Waals surface area contributed by atoms with Crippen LogP contribution in [0.2, 0.25) is 0 Å². The van der Waals surface area contributed by atoms with E-state index in [1.165, 1.54) is 4.68 Å². The van der Waals surface area contributed by atoms with Gasteiger partial charge >= 0.3 is 0 Å². The summed E-state index contributed by atoms with van der Waals surface area (Å²) in [5, 5.41) is 9.41. The Morgan fingerprint density at radius 3 is 2.69 bits per heavy atom. The van der Waals surface area contributed by atoms with Gasteiger partial charge in [0.25, 0.3) is 5.91 Å². The molecule has 0 atom stereocenters. The number of carbonyl (C=O) groups is 1. The van der Waals surface area contributed by atoms with Gasteiger partial charge in [0.2, 0.25) is 0 Å². The van der Waals surface area contributed by atoms with Gasteiger partial charge in [-0.3, -0.25) is 4.79 Å². The van der Waals surface area contributed by atoms with Gasteiger partial charge in [-0.1, -0.05) is 32.0 Å². The van der Waals surface area contributed by atoms with Gasteiger partial charge in [-0.05, 0) is 35.9 Å². The third-order valence-corrected chi connectivity index (χ3v) is 5.36. The molecule has 1 aromatic carbocycles.